The molecule has 4 rings (SSSR count). The van der Waals surface area contributed by atoms with Crippen LogP contribution in [0.2, 0.25) is 0 Å². The summed E-state index contributed by atoms with van der Waals surface area (Å²) in [6.45, 7) is 6.39. The number of aryl methyl sites for hydroxylation is 3. The first kappa shape index (κ1) is 21.2. The number of carbonyl (C=O) groups is 1. The van der Waals surface area contributed by atoms with Gasteiger partial charge in [0.1, 0.15) is 5.82 Å². The van der Waals surface area contributed by atoms with Crippen LogP contribution in [0.15, 0.2) is 33.8 Å². The number of piperidine rings is 1. The Morgan fingerprint density at radius 1 is 1.00 bits per heavy atom. The van der Waals surface area contributed by atoms with Gasteiger partial charge in [0.2, 0.25) is 5.09 Å². The summed E-state index contributed by atoms with van der Waals surface area (Å²) in [4.78, 5) is 21.5. The summed E-state index contributed by atoms with van der Waals surface area (Å²) in [6.07, 6.45) is 2.64. The number of rotatable bonds is 5. The molecule has 1 amide bonds. The van der Waals surface area contributed by atoms with Gasteiger partial charge in [0.15, 0.2) is 5.76 Å². The van der Waals surface area contributed by atoms with Crippen LogP contribution in [0.1, 0.15) is 46.9 Å². The molecule has 1 aliphatic heterocycles. The Labute approximate surface area is 180 Å². The van der Waals surface area contributed by atoms with Crippen molar-refractivity contribution >= 4 is 21.7 Å². The summed E-state index contributed by atoms with van der Waals surface area (Å²) in [6, 6.07) is 6.18. The fourth-order valence-electron chi connectivity index (χ4n) is 3.53. The van der Waals surface area contributed by atoms with Crippen LogP contribution in [0.3, 0.4) is 0 Å². The molecule has 1 fully saturated rings. The maximum atomic E-state index is 12.8. The van der Waals surface area contributed by atoms with E-state index in [2.05, 4.69) is 20.4 Å². The lowest BCUT2D eigenvalue weighted by molar-refractivity contribution is 0.0990. The Morgan fingerprint density at radius 3 is 2.35 bits per heavy atom. The Morgan fingerprint density at radius 2 is 1.68 bits per heavy atom. The van der Waals surface area contributed by atoms with E-state index < -0.39 is 15.9 Å². The monoisotopic (exact) mass is 444 g/mol. The van der Waals surface area contributed by atoms with Crippen molar-refractivity contribution < 1.29 is 17.6 Å². The van der Waals surface area contributed by atoms with Crippen molar-refractivity contribution in [1.82, 2.24) is 24.1 Å². The standard InChI is InChI=1S/C20H24N6O4S/c1-13-11-14(2)22-20(21-13)26-17(12-15(3)24-26)23-19(27)16-7-8-18(30-16)31(28,29)25-9-5-4-6-10-25/h7-8,11-12H,4-6,9-10H2,1-3H3,(H,23,27). The molecule has 1 aliphatic rings. The van der Waals surface area contributed by atoms with Gasteiger partial charge in [-0.05, 0) is 51.8 Å². The predicted molar refractivity (Wildman–Crippen MR) is 113 cm³/mol. The van der Waals surface area contributed by atoms with E-state index in [4.69, 9.17) is 4.42 Å². The van der Waals surface area contributed by atoms with E-state index in [0.29, 0.717) is 30.5 Å². The zero-order valence-corrected chi connectivity index (χ0v) is 18.4. The van der Waals surface area contributed by atoms with Gasteiger partial charge in [0.05, 0.1) is 5.69 Å². The van der Waals surface area contributed by atoms with Crippen molar-refractivity contribution in [1.29, 1.82) is 0 Å². The van der Waals surface area contributed by atoms with Gasteiger partial charge in [-0.3, -0.25) is 4.79 Å². The molecule has 0 atom stereocenters. The van der Waals surface area contributed by atoms with E-state index in [1.165, 1.54) is 21.1 Å². The molecule has 0 unspecified atom stereocenters. The summed E-state index contributed by atoms with van der Waals surface area (Å²) in [5.41, 5.74) is 2.20. The van der Waals surface area contributed by atoms with Crippen molar-refractivity contribution in [2.45, 2.75) is 45.1 Å². The van der Waals surface area contributed by atoms with Crippen molar-refractivity contribution in [2.75, 3.05) is 18.4 Å². The number of nitrogens with zero attached hydrogens (tertiary/aromatic N) is 5. The van der Waals surface area contributed by atoms with Crippen LogP contribution < -0.4 is 5.32 Å². The molecule has 1 N–H and O–H groups in total. The van der Waals surface area contributed by atoms with Gasteiger partial charge in [0, 0.05) is 30.5 Å². The second kappa shape index (κ2) is 8.23. The third-order valence-corrected chi connectivity index (χ3v) is 6.72. The lowest BCUT2D eigenvalue weighted by Gasteiger charge is -2.24. The van der Waals surface area contributed by atoms with E-state index in [1.54, 1.807) is 13.0 Å². The second-order valence-electron chi connectivity index (χ2n) is 7.57. The van der Waals surface area contributed by atoms with E-state index in [1.807, 2.05) is 19.9 Å². The first-order valence-corrected chi connectivity index (χ1v) is 11.5. The van der Waals surface area contributed by atoms with Crippen molar-refractivity contribution in [2.24, 2.45) is 0 Å². The van der Waals surface area contributed by atoms with Gasteiger partial charge >= 0.3 is 0 Å². The summed E-state index contributed by atoms with van der Waals surface area (Å²) >= 11 is 0. The van der Waals surface area contributed by atoms with Crippen molar-refractivity contribution in [3.05, 3.63) is 47.1 Å². The smallest absolute Gasteiger partial charge is 0.292 e. The number of aromatic nitrogens is 4. The molecule has 0 radical (unpaired) electrons. The van der Waals surface area contributed by atoms with Gasteiger partial charge < -0.3 is 9.73 Å². The zero-order chi connectivity index (χ0) is 22.2. The molecule has 164 valence electrons. The van der Waals surface area contributed by atoms with Gasteiger partial charge in [0.25, 0.3) is 21.9 Å². The number of anilines is 1. The molecule has 3 aromatic heterocycles. The summed E-state index contributed by atoms with van der Waals surface area (Å²) in [5.74, 6) is -0.0222. The molecule has 0 aromatic carbocycles. The van der Waals surface area contributed by atoms with Gasteiger partial charge in [-0.25, -0.2) is 18.4 Å². The number of amides is 1. The van der Waals surface area contributed by atoms with Gasteiger partial charge in [-0.1, -0.05) is 6.42 Å². The molecule has 11 heteroatoms. The highest BCUT2D eigenvalue weighted by Gasteiger charge is 2.30. The first-order chi connectivity index (χ1) is 14.7. The van der Waals surface area contributed by atoms with Crippen LogP contribution >= 0.6 is 0 Å². The normalized spacial score (nSPS) is 15.2. The zero-order valence-electron chi connectivity index (χ0n) is 17.6. The molecule has 10 nitrogen and oxygen atoms in total. The average molecular weight is 445 g/mol. The van der Waals surface area contributed by atoms with Gasteiger partial charge in [-0.15, -0.1) is 0 Å². The topological polar surface area (TPSA) is 123 Å². The maximum Gasteiger partial charge on any atom is 0.292 e. The van der Waals surface area contributed by atoms with Crippen molar-refractivity contribution in [3.8, 4) is 5.95 Å². The van der Waals surface area contributed by atoms with Crippen LogP contribution in [0.25, 0.3) is 5.95 Å². The summed E-state index contributed by atoms with van der Waals surface area (Å²) < 4.78 is 33.8. The minimum Gasteiger partial charge on any atom is -0.438 e. The number of furan rings is 1. The maximum absolute atomic E-state index is 12.8. The number of hydrogen-bond donors (Lipinski definition) is 1. The molecule has 3 aromatic rings. The minimum absolute atomic E-state index is 0.109. The molecule has 0 aliphatic carbocycles. The average Bonchev–Trinajstić information content (AvgIpc) is 3.35. The number of hydrogen-bond acceptors (Lipinski definition) is 7. The SMILES string of the molecule is Cc1cc(C)nc(-n2nc(C)cc2NC(=O)c2ccc(S(=O)(=O)N3CCCCC3)o2)n1. The second-order valence-corrected chi connectivity index (χ2v) is 9.44. The van der Waals surface area contributed by atoms with Gasteiger partial charge in [-0.2, -0.15) is 14.1 Å². The number of carbonyl (C=O) groups excluding carboxylic acids is 1. The summed E-state index contributed by atoms with van der Waals surface area (Å²) in [7, 11) is -3.76. The fourth-order valence-corrected chi connectivity index (χ4v) is 4.96. The van der Waals surface area contributed by atoms with E-state index >= 15 is 0 Å². The highest BCUT2D eigenvalue weighted by Crippen LogP contribution is 2.23. The van der Waals surface area contributed by atoms with Crippen LogP contribution in [0.4, 0.5) is 5.82 Å². The minimum atomic E-state index is -3.76. The number of sulfonamides is 1. The molecular weight excluding hydrogens is 420 g/mol. The number of nitrogens with one attached hydrogen (secondary N) is 1. The quantitative estimate of drug-likeness (QED) is 0.641. The van der Waals surface area contributed by atoms with Crippen LogP contribution in [0.5, 0.6) is 0 Å². The molecule has 4 heterocycles. The third-order valence-electron chi connectivity index (χ3n) is 4.95. The van der Waals surface area contributed by atoms with Crippen molar-refractivity contribution in [3.63, 3.8) is 0 Å². The summed E-state index contributed by atoms with van der Waals surface area (Å²) in [5, 5.41) is 6.83. The van der Waals surface area contributed by atoms with Crippen LogP contribution in [-0.2, 0) is 10.0 Å². The fraction of sp³-hybridized carbons (Fsp3) is 0.400. The lowest BCUT2D eigenvalue weighted by atomic mass is 10.2. The molecular formula is C20H24N6O4S. The Hall–Kier alpha value is -3.05. The third kappa shape index (κ3) is 4.37. The van der Waals surface area contributed by atoms with E-state index in [-0.39, 0.29) is 10.9 Å². The highest BCUT2D eigenvalue weighted by atomic mass is 32.2. The van der Waals surface area contributed by atoms with Crippen LogP contribution in [-0.4, -0.2) is 51.5 Å². The first-order valence-electron chi connectivity index (χ1n) is 10.0. The Kier molecular flexibility index (Phi) is 5.63. The predicted octanol–water partition coefficient (Wildman–Crippen LogP) is 2.61. The van der Waals surface area contributed by atoms with E-state index in [9.17, 15) is 13.2 Å². The lowest BCUT2D eigenvalue weighted by Crippen LogP contribution is -2.35. The van der Waals surface area contributed by atoms with E-state index in [0.717, 1.165) is 30.7 Å². The Balaban J connectivity index is 1.57. The molecule has 0 saturated carbocycles. The molecule has 1 saturated heterocycles. The largest absolute Gasteiger partial charge is 0.438 e. The highest BCUT2D eigenvalue weighted by molar-refractivity contribution is 7.89. The molecule has 0 bridgehead atoms. The Bertz CT molecular complexity index is 1200. The molecule has 31 heavy (non-hydrogen) atoms. The van der Waals surface area contributed by atoms with Crippen LogP contribution in [0, 0.1) is 20.8 Å². The molecule has 0 spiro atoms.